The second-order valence-corrected chi connectivity index (χ2v) is 5.71. The van der Waals surface area contributed by atoms with Gasteiger partial charge in [0.25, 0.3) is 0 Å². The quantitative estimate of drug-likeness (QED) is 0.544. The molecule has 0 saturated carbocycles. The molecule has 3 nitrogen and oxygen atoms in total. The molecule has 0 bridgehead atoms. The van der Waals surface area contributed by atoms with Gasteiger partial charge in [0.1, 0.15) is 23.7 Å². The first-order valence-electron chi connectivity index (χ1n) is 7.73. The van der Waals surface area contributed by atoms with Crippen LogP contribution in [0.2, 0.25) is 0 Å². The van der Waals surface area contributed by atoms with Crippen molar-refractivity contribution in [2.24, 2.45) is 0 Å². The molecule has 4 rings (SSSR count). The van der Waals surface area contributed by atoms with E-state index in [1.165, 1.54) is 12.1 Å². The molecule has 0 radical (unpaired) electrons. The van der Waals surface area contributed by atoms with E-state index in [0.717, 1.165) is 33.1 Å². The van der Waals surface area contributed by atoms with Crippen LogP contribution in [0, 0.1) is 12.7 Å². The summed E-state index contributed by atoms with van der Waals surface area (Å²) < 4.78 is 19.8. The zero-order valence-electron chi connectivity index (χ0n) is 13.2. The molecule has 0 amide bonds. The van der Waals surface area contributed by atoms with Crippen molar-refractivity contribution in [1.29, 1.82) is 0 Å². The highest BCUT2D eigenvalue weighted by molar-refractivity contribution is 5.85. The van der Waals surface area contributed by atoms with Gasteiger partial charge in [-0.15, -0.1) is 0 Å². The predicted molar refractivity (Wildman–Crippen MR) is 92.5 cm³/mol. The summed E-state index contributed by atoms with van der Waals surface area (Å²) in [6.07, 6.45) is 1.70. The molecule has 24 heavy (non-hydrogen) atoms. The molecule has 118 valence electrons. The summed E-state index contributed by atoms with van der Waals surface area (Å²) in [6.45, 7) is 2.18. The fourth-order valence-corrected chi connectivity index (χ4v) is 2.83. The molecule has 0 N–H and O–H groups in total. The minimum atomic E-state index is -0.291. The number of nitrogens with zero attached hydrogens (tertiary/aromatic N) is 2. The predicted octanol–water partition coefficient (Wildman–Crippen LogP) is 4.81. The minimum Gasteiger partial charge on any atom is -0.487 e. The Bertz CT molecular complexity index is 1050. The Morgan fingerprint density at radius 2 is 1.83 bits per heavy atom. The lowest BCUT2D eigenvalue weighted by Crippen LogP contribution is -2.00. The van der Waals surface area contributed by atoms with Crippen LogP contribution in [0.25, 0.3) is 21.8 Å². The topological polar surface area (TPSA) is 35.0 Å². The third-order valence-electron chi connectivity index (χ3n) is 3.95. The Morgan fingerprint density at radius 3 is 2.75 bits per heavy atom. The molecule has 2 aromatic carbocycles. The lowest BCUT2D eigenvalue weighted by molar-refractivity contribution is 0.310. The van der Waals surface area contributed by atoms with Gasteiger partial charge in [0.2, 0.25) is 0 Å². The number of ether oxygens (including phenoxy) is 1. The molecule has 0 aliphatic carbocycles. The standard InChI is InChI=1S/C20H15FN2O/c1-13-7-8-14-4-2-6-18(20(14)23-13)24-12-16-11-17(21)10-15-5-3-9-22-19(15)16/h2-11H,12H2,1H3. The van der Waals surface area contributed by atoms with E-state index in [1.807, 2.05) is 43.3 Å². The summed E-state index contributed by atoms with van der Waals surface area (Å²) in [7, 11) is 0. The number of fused-ring (bicyclic) bond motifs is 2. The summed E-state index contributed by atoms with van der Waals surface area (Å²) >= 11 is 0. The maximum Gasteiger partial charge on any atom is 0.146 e. The van der Waals surface area contributed by atoms with Crippen LogP contribution in [0.15, 0.2) is 60.8 Å². The normalized spacial score (nSPS) is 11.1. The number of para-hydroxylation sites is 1. The zero-order chi connectivity index (χ0) is 16.5. The maximum atomic E-state index is 13.8. The maximum absolute atomic E-state index is 13.8. The van der Waals surface area contributed by atoms with Crippen molar-refractivity contribution < 1.29 is 9.13 Å². The SMILES string of the molecule is Cc1ccc2cccc(OCc3cc(F)cc4cccnc34)c2n1. The smallest absolute Gasteiger partial charge is 0.146 e. The molecule has 2 aromatic heterocycles. The molecular formula is C20H15FN2O. The van der Waals surface area contributed by atoms with Gasteiger partial charge in [-0.3, -0.25) is 4.98 Å². The van der Waals surface area contributed by atoms with Gasteiger partial charge in [-0.2, -0.15) is 0 Å². The summed E-state index contributed by atoms with van der Waals surface area (Å²) in [5.41, 5.74) is 3.21. The highest BCUT2D eigenvalue weighted by Gasteiger charge is 2.08. The second-order valence-electron chi connectivity index (χ2n) is 5.71. The van der Waals surface area contributed by atoms with Gasteiger partial charge in [0.15, 0.2) is 0 Å². The Morgan fingerprint density at radius 1 is 0.958 bits per heavy atom. The zero-order valence-corrected chi connectivity index (χ0v) is 13.2. The van der Waals surface area contributed by atoms with E-state index < -0.39 is 0 Å². The van der Waals surface area contributed by atoms with E-state index in [-0.39, 0.29) is 12.4 Å². The summed E-state index contributed by atoms with van der Waals surface area (Å²) in [5, 5.41) is 1.78. The van der Waals surface area contributed by atoms with E-state index in [9.17, 15) is 4.39 Å². The average Bonchev–Trinajstić information content (AvgIpc) is 2.59. The van der Waals surface area contributed by atoms with E-state index >= 15 is 0 Å². The molecule has 0 unspecified atom stereocenters. The minimum absolute atomic E-state index is 0.236. The number of hydrogen-bond acceptors (Lipinski definition) is 3. The average molecular weight is 318 g/mol. The van der Waals surface area contributed by atoms with Crippen LogP contribution in [0.4, 0.5) is 4.39 Å². The first-order valence-corrected chi connectivity index (χ1v) is 7.73. The monoisotopic (exact) mass is 318 g/mol. The molecule has 0 spiro atoms. The summed E-state index contributed by atoms with van der Waals surface area (Å²) in [5.74, 6) is 0.394. The molecule has 0 aliphatic rings. The molecule has 2 heterocycles. The van der Waals surface area contributed by atoms with E-state index in [0.29, 0.717) is 5.75 Å². The lowest BCUT2D eigenvalue weighted by Gasteiger charge is -2.11. The van der Waals surface area contributed by atoms with Crippen molar-refractivity contribution in [1.82, 2.24) is 9.97 Å². The van der Waals surface area contributed by atoms with Crippen LogP contribution in [0.1, 0.15) is 11.3 Å². The van der Waals surface area contributed by atoms with Crippen LogP contribution in [0.5, 0.6) is 5.75 Å². The Hall–Kier alpha value is -3.01. The first-order chi connectivity index (χ1) is 11.7. The number of halogens is 1. The van der Waals surface area contributed by atoms with Crippen LogP contribution in [0.3, 0.4) is 0 Å². The van der Waals surface area contributed by atoms with Gasteiger partial charge >= 0.3 is 0 Å². The van der Waals surface area contributed by atoms with Gasteiger partial charge in [-0.1, -0.05) is 24.3 Å². The molecule has 4 heteroatoms. The van der Waals surface area contributed by atoms with Crippen molar-refractivity contribution in [3.8, 4) is 5.75 Å². The van der Waals surface area contributed by atoms with Crippen molar-refractivity contribution >= 4 is 21.8 Å². The summed E-state index contributed by atoms with van der Waals surface area (Å²) in [4.78, 5) is 8.90. The van der Waals surface area contributed by atoms with E-state index in [1.54, 1.807) is 12.3 Å². The lowest BCUT2D eigenvalue weighted by atomic mass is 10.1. The third kappa shape index (κ3) is 2.67. The number of hydrogen-bond donors (Lipinski definition) is 0. The second kappa shape index (κ2) is 5.89. The van der Waals surface area contributed by atoms with Crippen molar-refractivity contribution in [3.63, 3.8) is 0 Å². The fourth-order valence-electron chi connectivity index (χ4n) is 2.83. The van der Waals surface area contributed by atoms with Crippen molar-refractivity contribution in [2.45, 2.75) is 13.5 Å². The van der Waals surface area contributed by atoms with E-state index in [2.05, 4.69) is 9.97 Å². The molecule has 0 atom stereocenters. The third-order valence-corrected chi connectivity index (χ3v) is 3.95. The van der Waals surface area contributed by atoms with Gasteiger partial charge in [0.05, 0.1) is 5.52 Å². The van der Waals surface area contributed by atoms with Crippen molar-refractivity contribution in [3.05, 3.63) is 77.9 Å². The number of aryl methyl sites for hydroxylation is 1. The van der Waals surface area contributed by atoms with Gasteiger partial charge in [-0.05, 0) is 37.3 Å². The molecular weight excluding hydrogens is 303 g/mol. The largest absolute Gasteiger partial charge is 0.487 e. The first kappa shape index (κ1) is 14.6. The fraction of sp³-hybridized carbons (Fsp3) is 0.100. The number of pyridine rings is 2. The Labute approximate surface area is 138 Å². The highest BCUT2D eigenvalue weighted by atomic mass is 19.1. The van der Waals surface area contributed by atoms with Gasteiger partial charge < -0.3 is 4.74 Å². The molecule has 4 aromatic rings. The Kier molecular flexibility index (Phi) is 3.58. The van der Waals surface area contributed by atoms with Crippen molar-refractivity contribution in [2.75, 3.05) is 0 Å². The van der Waals surface area contributed by atoms with Crippen LogP contribution in [-0.4, -0.2) is 9.97 Å². The number of aromatic nitrogens is 2. The number of benzene rings is 2. The Balaban J connectivity index is 1.72. The summed E-state index contributed by atoms with van der Waals surface area (Å²) in [6, 6.07) is 16.4. The molecule has 0 fully saturated rings. The van der Waals surface area contributed by atoms with E-state index in [4.69, 9.17) is 4.74 Å². The highest BCUT2D eigenvalue weighted by Crippen LogP contribution is 2.26. The van der Waals surface area contributed by atoms with Gasteiger partial charge in [-0.25, -0.2) is 9.37 Å². The van der Waals surface area contributed by atoms with Crippen LogP contribution in [-0.2, 0) is 6.61 Å². The molecule has 0 saturated heterocycles. The molecule has 0 aliphatic heterocycles. The number of rotatable bonds is 3. The van der Waals surface area contributed by atoms with Gasteiger partial charge in [0, 0.05) is 28.2 Å². The van der Waals surface area contributed by atoms with Crippen LogP contribution >= 0.6 is 0 Å². The van der Waals surface area contributed by atoms with Crippen LogP contribution < -0.4 is 4.74 Å².